The van der Waals surface area contributed by atoms with Gasteiger partial charge in [0, 0.05) is 18.3 Å². The lowest BCUT2D eigenvalue weighted by atomic mass is 9.97. The van der Waals surface area contributed by atoms with Crippen molar-refractivity contribution in [1.82, 2.24) is 10.2 Å². The third-order valence-electron chi connectivity index (χ3n) is 3.97. The Hall–Kier alpha value is -1.75. The second-order valence-electron chi connectivity index (χ2n) is 5.54. The molecular weight excluding hydrogens is 266 g/mol. The summed E-state index contributed by atoms with van der Waals surface area (Å²) in [6.45, 7) is 6.37. The van der Waals surface area contributed by atoms with Gasteiger partial charge in [-0.15, -0.1) is 0 Å². The second-order valence-corrected chi connectivity index (χ2v) is 5.54. The molecule has 0 radical (unpaired) electrons. The van der Waals surface area contributed by atoms with Crippen LogP contribution in [-0.2, 0) is 4.79 Å². The molecule has 0 aromatic heterocycles. The molecule has 1 aromatic carbocycles. The summed E-state index contributed by atoms with van der Waals surface area (Å²) in [5.74, 6) is 1.14. The molecule has 5 nitrogen and oxygen atoms in total. The summed E-state index contributed by atoms with van der Waals surface area (Å²) in [7, 11) is 0. The summed E-state index contributed by atoms with van der Waals surface area (Å²) in [5.41, 5.74) is 6.29. The zero-order chi connectivity index (χ0) is 15.1. The van der Waals surface area contributed by atoms with Gasteiger partial charge < -0.3 is 20.7 Å². The number of nitrogens with one attached hydrogen (secondary N) is 1. The number of amides is 1. The van der Waals surface area contributed by atoms with Crippen molar-refractivity contribution in [2.75, 3.05) is 38.5 Å². The second kappa shape index (κ2) is 7.88. The van der Waals surface area contributed by atoms with E-state index in [0.717, 1.165) is 39.0 Å². The molecule has 0 unspecified atom stereocenters. The zero-order valence-electron chi connectivity index (χ0n) is 12.7. The molecule has 1 aliphatic rings. The van der Waals surface area contributed by atoms with Crippen LogP contribution in [0.4, 0.5) is 5.69 Å². The number of hydrogen-bond donors (Lipinski definition) is 2. The van der Waals surface area contributed by atoms with Crippen LogP contribution in [0.5, 0.6) is 5.75 Å². The van der Waals surface area contributed by atoms with E-state index in [-0.39, 0.29) is 12.5 Å². The van der Waals surface area contributed by atoms with Crippen molar-refractivity contribution in [3.63, 3.8) is 0 Å². The Kier molecular flexibility index (Phi) is 5.87. The summed E-state index contributed by atoms with van der Waals surface area (Å²) in [6.07, 6.45) is 2.31. The molecule has 1 saturated heterocycles. The maximum Gasteiger partial charge on any atom is 0.257 e. The lowest BCUT2D eigenvalue weighted by molar-refractivity contribution is -0.123. The van der Waals surface area contributed by atoms with Crippen LogP contribution in [-0.4, -0.2) is 43.6 Å². The van der Waals surface area contributed by atoms with Crippen LogP contribution >= 0.6 is 0 Å². The smallest absolute Gasteiger partial charge is 0.257 e. The molecule has 1 heterocycles. The van der Waals surface area contributed by atoms with Gasteiger partial charge in [-0.1, -0.05) is 13.0 Å². The van der Waals surface area contributed by atoms with Gasteiger partial charge in [0.25, 0.3) is 5.91 Å². The average Bonchev–Trinajstić information content (AvgIpc) is 2.51. The van der Waals surface area contributed by atoms with Gasteiger partial charge in [-0.2, -0.15) is 0 Å². The Morgan fingerprint density at radius 1 is 1.43 bits per heavy atom. The molecule has 1 aromatic rings. The average molecular weight is 291 g/mol. The van der Waals surface area contributed by atoms with Gasteiger partial charge in [0.05, 0.1) is 0 Å². The van der Waals surface area contributed by atoms with Crippen LogP contribution in [0.15, 0.2) is 24.3 Å². The molecule has 0 aliphatic carbocycles. The number of benzene rings is 1. The van der Waals surface area contributed by atoms with E-state index in [9.17, 15) is 4.79 Å². The van der Waals surface area contributed by atoms with E-state index in [1.807, 2.05) is 6.07 Å². The molecule has 21 heavy (non-hydrogen) atoms. The molecule has 1 aliphatic heterocycles. The van der Waals surface area contributed by atoms with Crippen molar-refractivity contribution in [3.8, 4) is 5.75 Å². The van der Waals surface area contributed by atoms with E-state index >= 15 is 0 Å². The Morgan fingerprint density at radius 3 is 2.86 bits per heavy atom. The minimum Gasteiger partial charge on any atom is -0.484 e. The summed E-state index contributed by atoms with van der Waals surface area (Å²) in [5, 5.41) is 2.96. The lowest BCUT2D eigenvalue weighted by Gasteiger charge is -2.31. The summed E-state index contributed by atoms with van der Waals surface area (Å²) >= 11 is 0. The van der Waals surface area contributed by atoms with Crippen LogP contribution in [0.1, 0.15) is 19.8 Å². The van der Waals surface area contributed by atoms with Crippen molar-refractivity contribution in [3.05, 3.63) is 24.3 Å². The summed E-state index contributed by atoms with van der Waals surface area (Å²) < 4.78 is 5.42. The fraction of sp³-hybridized carbons (Fsp3) is 0.562. The Balaban J connectivity index is 1.64. The number of nitrogen functional groups attached to an aromatic ring is 1. The molecule has 1 fully saturated rings. The molecule has 3 N–H and O–H groups in total. The third kappa shape index (κ3) is 5.27. The first-order valence-corrected chi connectivity index (χ1v) is 7.64. The summed E-state index contributed by atoms with van der Waals surface area (Å²) in [6, 6.07) is 7.11. The number of hydrogen-bond acceptors (Lipinski definition) is 4. The Morgan fingerprint density at radius 2 is 2.19 bits per heavy atom. The number of piperidine rings is 1. The number of rotatable bonds is 6. The predicted octanol–water partition coefficient (Wildman–Crippen LogP) is 1.50. The van der Waals surface area contributed by atoms with Gasteiger partial charge >= 0.3 is 0 Å². The van der Waals surface area contributed by atoms with Crippen molar-refractivity contribution in [1.29, 1.82) is 0 Å². The highest BCUT2D eigenvalue weighted by atomic mass is 16.5. The molecule has 116 valence electrons. The molecule has 0 atom stereocenters. The molecule has 0 spiro atoms. The molecule has 0 bridgehead atoms. The van der Waals surface area contributed by atoms with Gasteiger partial charge in [0.15, 0.2) is 6.61 Å². The Bertz CT molecular complexity index is 457. The van der Waals surface area contributed by atoms with E-state index in [1.54, 1.807) is 18.2 Å². The van der Waals surface area contributed by atoms with Crippen LogP contribution in [0.3, 0.4) is 0 Å². The van der Waals surface area contributed by atoms with Gasteiger partial charge in [-0.25, -0.2) is 0 Å². The first kappa shape index (κ1) is 15.6. The van der Waals surface area contributed by atoms with E-state index in [2.05, 4.69) is 17.1 Å². The number of ether oxygens (including phenoxy) is 1. The minimum absolute atomic E-state index is 0.0389. The van der Waals surface area contributed by atoms with Crippen molar-refractivity contribution < 1.29 is 9.53 Å². The highest BCUT2D eigenvalue weighted by Crippen LogP contribution is 2.16. The highest BCUT2D eigenvalue weighted by Gasteiger charge is 2.18. The van der Waals surface area contributed by atoms with Crippen molar-refractivity contribution >= 4 is 11.6 Å². The number of carbonyl (C=O) groups is 1. The maximum absolute atomic E-state index is 11.8. The normalized spacial score (nSPS) is 16.6. The number of carbonyl (C=O) groups excluding carboxylic acids is 1. The number of nitrogens with two attached hydrogens (primary N) is 1. The molecule has 0 saturated carbocycles. The monoisotopic (exact) mass is 291 g/mol. The predicted molar refractivity (Wildman–Crippen MR) is 84.2 cm³/mol. The molecule has 2 rings (SSSR count). The van der Waals surface area contributed by atoms with Crippen LogP contribution in [0.25, 0.3) is 0 Å². The highest BCUT2D eigenvalue weighted by molar-refractivity contribution is 5.77. The van der Waals surface area contributed by atoms with Crippen molar-refractivity contribution in [2.24, 2.45) is 5.92 Å². The van der Waals surface area contributed by atoms with Gasteiger partial charge in [-0.3, -0.25) is 4.79 Å². The number of anilines is 1. The van der Waals surface area contributed by atoms with E-state index in [1.165, 1.54) is 0 Å². The van der Waals surface area contributed by atoms with Gasteiger partial charge in [-0.05, 0) is 50.5 Å². The summed E-state index contributed by atoms with van der Waals surface area (Å²) in [4.78, 5) is 14.2. The van der Waals surface area contributed by atoms with Crippen LogP contribution < -0.4 is 15.8 Å². The van der Waals surface area contributed by atoms with E-state index < -0.39 is 0 Å². The quantitative estimate of drug-likeness (QED) is 0.779. The first-order chi connectivity index (χ1) is 10.2. The minimum atomic E-state index is -0.0738. The lowest BCUT2D eigenvalue weighted by Crippen LogP contribution is -2.39. The van der Waals surface area contributed by atoms with E-state index in [4.69, 9.17) is 10.5 Å². The standard InChI is InChI=1S/C16H25N3O2/c1-2-19-8-6-13(7-9-19)11-18-16(20)12-21-15-5-3-4-14(17)10-15/h3-5,10,13H,2,6-9,11-12,17H2,1H3,(H,18,20). The van der Waals surface area contributed by atoms with Crippen LogP contribution in [0, 0.1) is 5.92 Å². The number of likely N-dealkylation sites (tertiary alicyclic amines) is 1. The first-order valence-electron chi connectivity index (χ1n) is 7.64. The zero-order valence-corrected chi connectivity index (χ0v) is 12.7. The molecular formula is C16H25N3O2. The number of nitrogens with zero attached hydrogens (tertiary/aromatic N) is 1. The van der Waals surface area contributed by atoms with Gasteiger partial charge in [0.2, 0.25) is 0 Å². The maximum atomic E-state index is 11.8. The topological polar surface area (TPSA) is 67.6 Å². The third-order valence-corrected chi connectivity index (χ3v) is 3.97. The van der Waals surface area contributed by atoms with E-state index in [0.29, 0.717) is 17.4 Å². The van der Waals surface area contributed by atoms with Crippen molar-refractivity contribution in [2.45, 2.75) is 19.8 Å². The largest absolute Gasteiger partial charge is 0.484 e. The molecule has 5 heteroatoms. The fourth-order valence-corrected chi connectivity index (χ4v) is 2.57. The fourth-order valence-electron chi connectivity index (χ4n) is 2.57. The van der Waals surface area contributed by atoms with Gasteiger partial charge in [0.1, 0.15) is 5.75 Å². The Labute approximate surface area is 126 Å². The van der Waals surface area contributed by atoms with Crippen LogP contribution in [0.2, 0.25) is 0 Å². The molecule has 1 amide bonds. The SMILES string of the molecule is CCN1CCC(CNC(=O)COc2cccc(N)c2)CC1.